The molecule has 0 saturated carbocycles. The van der Waals surface area contributed by atoms with Crippen LogP contribution in [0.4, 0.5) is 0 Å². The quantitative estimate of drug-likeness (QED) is 0.627. The normalized spacial score (nSPS) is 18.5. The summed E-state index contributed by atoms with van der Waals surface area (Å²) >= 11 is 1.47. The molecular weight excluding hydrogens is 272 g/mol. The van der Waals surface area contributed by atoms with Crippen LogP contribution < -0.4 is 0 Å². The van der Waals surface area contributed by atoms with Crippen molar-refractivity contribution in [2.75, 3.05) is 6.61 Å². The molecule has 0 bridgehead atoms. The van der Waals surface area contributed by atoms with Crippen LogP contribution in [0.25, 0.3) is 0 Å². The molecule has 110 valence electrons. The zero-order valence-corrected chi connectivity index (χ0v) is 13.4. The van der Waals surface area contributed by atoms with Crippen molar-refractivity contribution in [1.29, 1.82) is 0 Å². The Hall–Kier alpha value is -1.16. The summed E-state index contributed by atoms with van der Waals surface area (Å²) in [6.07, 6.45) is 3.69. The van der Waals surface area contributed by atoms with E-state index in [2.05, 4.69) is 20.8 Å². The summed E-state index contributed by atoms with van der Waals surface area (Å²) in [6.45, 7) is 8.88. The number of aldehydes is 1. The maximum Gasteiger partial charge on any atom is 0.340 e. The number of esters is 1. The number of thiophene rings is 1. The Morgan fingerprint density at radius 2 is 2.15 bits per heavy atom. The summed E-state index contributed by atoms with van der Waals surface area (Å²) in [5.41, 5.74) is 1.83. The maximum absolute atomic E-state index is 12.1. The Kier molecular flexibility index (Phi) is 4.33. The largest absolute Gasteiger partial charge is 0.462 e. The number of hydrogen-bond acceptors (Lipinski definition) is 4. The van der Waals surface area contributed by atoms with Crippen LogP contribution in [0.1, 0.15) is 64.6 Å². The van der Waals surface area contributed by atoms with Crippen molar-refractivity contribution in [3.8, 4) is 0 Å². The van der Waals surface area contributed by atoms with Crippen LogP contribution in [0.15, 0.2) is 0 Å². The van der Waals surface area contributed by atoms with Crippen LogP contribution in [0.2, 0.25) is 0 Å². The van der Waals surface area contributed by atoms with Crippen LogP contribution in [-0.4, -0.2) is 18.9 Å². The molecule has 0 spiro atoms. The van der Waals surface area contributed by atoms with E-state index in [4.69, 9.17) is 4.74 Å². The van der Waals surface area contributed by atoms with E-state index in [0.29, 0.717) is 23.0 Å². The first-order chi connectivity index (χ1) is 9.38. The van der Waals surface area contributed by atoms with Crippen LogP contribution in [0.5, 0.6) is 0 Å². The summed E-state index contributed by atoms with van der Waals surface area (Å²) in [6, 6.07) is 0. The van der Waals surface area contributed by atoms with Gasteiger partial charge in [0, 0.05) is 4.88 Å². The van der Waals surface area contributed by atoms with Crippen molar-refractivity contribution in [3.63, 3.8) is 0 Å². The molecule has 1 atom stereocenters. The zero-order chi connectivity index (χ0) is 14.9. The van der Waals surface area contributed by atoms with Crippen LogP contribution in [0, 0.1) is 11.3 Å². The lowest BCUT2D eigenvalue weighted by Gasteiger charge is -2.33. The molecule has 0 amide bonds. The lowest BCUT2D eigenvalue weighted by atomic mass is 9.72. The van der Waals surface area contributed by atoms with Gasteiger partial charge in [-0.15, -0.1) is 11.3 Å². The molecular formula is C16H22O3S. The van der Waals surface area contributed by atoms with E-state index in [1.807, 2.05) is 0 Å². The highest BCUT2D eigenvalue weighted by Crippen LogP contribution is 2.42. The second kappa shape index (κ2) is 5.68. The van der Waals surface area contributed by atoms with Crippen molar-refractivity contribution in [2.45, 2.75) is 47.0 Å². The molecule has 1 unspecified atom stereocenters. The summed E-state index contributed by atoms with van der Waals surface area (Å²) in [4.78, 5) is 25.0. The lowest BCUT2D eigenvalue weighted by molar-refractivity contribution is 0.0523. The van der Waals surface area contributed by atoms with Gasteiger partial charge < -0.3 is 4.74 Å². The number of carbonyl (C=O) groups excluding carboxylic acids is 2. The zero-order valence-electron chi connectivity index (χ0n) is 12.6. The smallest absolute Gasteiger partial charge is 0.340 e. The van der Waals surface area contributed by atoms with Gasteiger partial charge in [0.15, 0.2) is 6.29 Å². The van der Waals surface area contributed by atoms with Gasteiger partial charge in [0.05, 0.1) is 17.0 Å². The Morgan fingerprint density at radius 1 is 1.45 bits per heavy atom. The molecule has 1 aromatic heterocycles. The fourth-order valence-corrected chi connectivity index (χ4v) is 4.09. The van der Waals surface area contributed by atoms with Crippen LogP contribution >= 0.6 is 11.3 Å². The lowest BCUT2D eigenvalue weighted by Crippen LogP contribution is -2.26. The van der Waals surface area contributed by atoms with Gasteiger partial charge in [-0.1, -0.05) is 20.8 Å². The minimum atomic E-state index is -0.346. The van der Waals surface area contributed by atoms with Crippen molar-refractivity contribution in [3.05, 3.63) is 20.9 Å². The average Bonchev–Trinajstić information content (AvgIpc) is 2.75. The van der Waals surface area contributed by atoms with E-state index in [0.717, 1.165) is 31.1 Å². The van der Waals surface area contributed by atoms with Gasteiger partial charge in [-0.2, -0.15) is 0 Å². The van der Waals surface area contributed by atoms with Crippen molar-refractivity contribution in [1.82, 2.24) is 0 Å². The van der Waals surface area contributed by atoms with Gasteiger partial charge >= 0.3 is 5.97 Å². The molecule has 0 aliphatic heterocycles. The third-order valence-corrected chi connectivity index (χ3v) is 5.28. The van der Waals surface area contributed by atoms with Crippen LogP contribution in [0.3, 0.4) is 0 Å². The van der Waals surface area contributed by atoms with E-state index >= 15 is 0 Å². The third-order valence-electron chi connectivity index (χ3n) is 4.10. The minimum Gasteiger partial charge on any atom is -0.462 e. The molecule has 0 radical (unpaired) electrons. The second-order valence-electron chi connectivity index (χ2n) is 6.39. The number of fused-ring (bicyclic) bond motifs is 1. The fraction of sp³-hybridized carbons (Fsp3) is 0.625. The average molecular weight is 294 g/mol. The number of hydrogen-bond donors (Lipinski definition) is 0. The van der Waals surface area contributed by atoms with Gasteiger partial charge in [0.25, 0.3) is 0 Å². The van der Waals surface area contributed by atoms with E-state index in [1.165, 1.54) is 16.2 Å². The Morgan fingerprint density at radius 3 is 2.70 bits per heavy atom. The highest BCUT2D eigenvalue weighted by Gasteiger charge is 2.33. The summed E-state index contributed by atoms with van der Waals surface area (Å²) < 4.78 is 5.10. The molecule has 2 rings (SSSR count). The molecule has 0 aromatic carbocycles. The molecule has 4 heteroatoms. The summed E-state index contributed by atoms with van der Waals surface area (Å²) in [7, 11) is 0. The molecule has 1 heterocycles. The predicted octanol–water partition coefficient (Wildman–Crippen LogP) is 3.89. The molecule has 0 fully saturated rings. The van der Waals surface area contributed by atoms with Gasteiger partial charge in [0.2, 0.25) is 0 Å². The van der Waals surface area contributed by atoms with E-state index in [9.17, 15) is 9.59 Å². The van der Waals surface area contributed by atoms with E-state index in [-0.39, 0.29) is 11.4 Å². The first-order valence-corrected chi connectivity index (χ1v) is 7.97. The third kappa shape index (κ3) is 2.80. The standard InChI is InChI=1S/C16H22O3S/c1-5-19-15(18)14-11-7-6-10(16(2,3)4)8-12(11)20-13(14)9-17/h9-10H,5-8H2,1-4H3. The fourth-order valence-electron chi connectivity index (χ4n) is 2.86. The molecule has 20 heavy (non-hydrogen) atoms. The van der Waals surface area contributed by atoms with Crippen molar-refractivity contribution < 1.29 is 14.3 Å². The molecule has 1 aliphatic rings. The molecule has 1 aromatic rings. The highest BCUT2D eigenvalue weighted by molar-refractivity contribution is 7.14. The van der Waals surface area contributed by atoms with Gasteiger partial charge in [-0.25, -0.2) is 4.79 Å². The van der Waals surface area contributed by atoms with E-state index < -0.39 is 0 Å². The highest BCUT2D eigenvalue weighted by atomic mass is 32.1. The first kappa shape index (κ1) is 15.2. The Bertz CT molecular complexity index is 523. The molecule has 3 nitrogen and oxygen atoms in total. The van der Waals surface area contributed by atoms with E-state index in [1.54, 1.807) is 6.92 Å². The SMILES string of the molecule is CCOC(=O)c1c(C=O)sc2c1CCC(C(C)(C)C)C2. The second-order valence-corrected chi connectivity index (χ2v) is 7.52. The number of rotatable bonds is 3. The van der Waals surface area contributed by atoms with Gasteiger partial charge in [0.1, 0.15) is 0 Å². The number of carbonyl (C=O) groups is 2. The maximum atomic E-state index is 12.1. The Labute approximate surface area is 124 Å². The number of ether oxygens (including phenoxy) is 1. The summed E-state index contributed by atoms with van der Waals surface area (Å²) in [5.74, 6) is 0.254. The topological polar surface area (TPSA) is 43.4 Å². The van der Waals surface area contributed by atoms with Gasteiger partial charge in [-0.05, 0) is 43.1 Å². The van der Waals surface area contributed by atoms with Crippen molar-refractivity contribution >= 4 is 23.6 Å². The monoisotopic (exact) mass is 294 g/mol. The van der Waals surface area contributed by atoms with Gasteiger partial charge in [-0.3, -0.25) is 4.79 Å². The minimum absolute atomic E-state index is 0.257. The van der Waals surface area contributed by atoms with Crippen LogP contribution in [-0.2, 0) is 17.6 Å². The molecule has 0 saturated heterocycles. The molecule has 0 N–H and O–H groups in total. The first-order valence-electron chi connectivity index (χ1n) is 7.15. The summed E-state index contributed by atoms with van der Waals surface area (Å²) in [5, 5.41) is 0. The predicted molar refractivity (Wildman–Crippen MR) is 80.6 cm³/mol. The van der Waals surface area contributed by atoms with Crippen molar-refractivity contribution in [2.24, 2.45) is 11.3 Å². The molecule has 1 aliphatic carbocycles. The Balaban J connectivity index is 2.37.